The Kier molecular flexibility index (Phi) is 8.39. The van der Waals surface area contributed by atoms with E-state index in [1.54, 1.807) is 13.2 Å². The average Bonchev–Trinajstić information content (AvgIpc) is 2.14. The third-order valence-corrected chi connectivity index (χ3v) is 2.93. The van der Waals surface area contributed by atoms with Crippen LogP contribution in [0.5, 0.6) is 0 Å². The number of unbranched alkanes of at least 4 members (excludes halogenated alkanes) is 1. The summed E-state index contributed by atoms with van der Waals surface area (Å²) in [6.45, 7) is 2.23. The third-order valence-electron chi connectivity index (χ3n) is 1.97. The van der Waals surface area contributed by atoms with Crippen molar-refractivity contribution in [1.29, 1.82) is 0 Å². The van der Waals surface area contributed by atoms with Crippen LogP contribution in [0.2, 0.25) is 0 Å². The molecule has 0 aromatic heterocycles. The topological polar surface area (TPSA) is 95.5 Å². The molecule has 100 valence electrons. The van der Waals surface area contributed by atoms with Gasteiger partial charge in [0.1, 0.15) is 0 Å². The van der Waals surface area contributed by atoms with Crippen LogP contribution in [0.15, 0.2) is 0 Å². The summed E-state index contributed by atoms with van der Waals surface area (Å²) in [5, 5.41) is 13.7. The summed E-state index contributed by atoms with van der Waals surface area (Å²) >= 11 is 0. The maximum Gasteiger partial charge on any atom is 0.315 e. The maximum atomic E-state index is 11.3. The second kappa shape index (κ2) is 8.98. The van der Waals surface area contributed by atoms with Gasteiger partial charge in [-0.3, -0.25) is 9.00 Å². The standard InChI is InChI=1S/C10H20N2O4S/c1-8(7-17(2)16)12-10(15)11-6-4-3-5-9(13)14/h8H,3-7H2,1-2H3,(H,13,14)(H2,11,12,15). The van der Waals surface area contributed by atoms with Crippen LogP contribution in [0, 0.1) is 0 Å². The fraction of sp³-hybridized carbons (Fsp3) is 0.800. The number of hydrogen-bond acceptors (Lipinski definition) is 3. The molecule has 0 aliphatic rings. The predicted octanol–water partition coefficient (Wildman–Crippen LogP) is 0.307. The summed E-state index contributed by atoms with van der Waals surface area (Å²) in [5.41, 5.74) is 0. The summed E-state index contributed by atoms with van der Waals surface area (Å²) in [7, 11) is -0.934. The van der Waals surface area contributed by atoms with Crippen molar-refractivity contribution in [2.75, 3.05) is 18.6 Å². The van der Waals surface area contributed by atoms with Crippen LogP contribution in [-0.2, 0) is 15.6 Å². The molecule has 0 rings (SSSR count). The molecule has 17 heavy (non-hydrogen) atoms. The Morgan fingerprint density at radius 1 is 1.35 bits per heavy atom. The van der Waals surface area contributed by atoms with E-state index in [0.717, 1.165) is 0 Å². The molecule has 0 aromatic rings. The van der Waals surface area contributed by atoms with E-state index in [4.69, 9.17) is 5.11 Å². The van der Waals surface area contributed by atoms with Crippen molar-refractivity contribution in [2.45, 2.75) is 32.2 Å². The highest BCUT2D eigenvalue weighted by Crippen LogP contribution is 1.93. The molecule has 2 unspecified atom stereocenters. The van der Waals surface area contributed by atoms with Crippen molar-refractivity contribution >= 4 is 22.8 Å². The molecule has 0 radical (unpaired) electrons. The first-order valence-electron chi connectivity index (χ1n) is 5.48. The molecule has 2 atom stereocenters. The molecule has 0 fully saturated rings. The quantitative estimate of drug-likeness (QED) is 0.550. The molecule has 2 amide bonds. The van der Waals surface area contributed by atoms with Crippen molar-refractivity contribution in [1.82, 2.24) is 10.6 Å². The van der Waals surface area contributed by atoms with E-state index in [0.29, 0.717) is 25.1 Å². The summed E-state index contributed by atoms with van der Waals surface area (Å²) in [6.07, 6.45) is 2.88. The molecule has 3 N–H and O–H groups in total. The number of hydrogen-bond donors (Lipinski definition) is 3. The predicted molar refractivity (Wildman–Crippen MR) is 66.4 cm³/mol. The van der Waals surface area contributed by atoms with Gasteiger partial charge >= 0.3 is 12.0 Å². The number of amides is 2. The van der Waals surface area contributed by atoms with E-state index in [9.17, 15) is 13.8 Å². The summed E-state index contributed by atoms with van der Waals surface area (Å²) in [5.74, 6) is -0.402. The van der Waals surface area contributed by atoms with Crippen LogP contribution in [-0.4, -0.2) is 45.9 Å². The zero-order valence-electron chi connectivity index (χ0n) is 10.2. The maximum absolute atomic E-state index is 11.3. The van der Waals surface area contributed by atoms with Gasteiger partial charge in [-0.25, -0.2) is 4.79 Å². The molecule has 0 aromatic carbocycles. The van der Waals surface area contributed by atoms with Crippen LogP contribution in [0.25, 0.3) is 0 Å². The zero-order valence-corrected chi connectivity index (χ0v) is 11.0. The van der Waals surface area contributed by atoms with Crippen molar-refractivity contribution in [3.05, 3.63) is 0 Å². The molecule has 0 aliphatic carbocycles. The van der Waals surface area contributed by atoms with Gasteiger partial charge in [-0.1, -0.05) is 0 Å². The molecule has 6 nitrogen and oxygen atoms in total. The SMILES string of the molecule is CC(CS(C)=O)NC(=O)NCCCCC(=O)O. The molecule has 0 heterocycles. The van der Waals surface area contributed by atoms with Gasteiger partial charge in [-0.15, -0.1) is 0 Å². The number of carbonyl (C=O) groups excluding carboxylic acids is 1. The molecule has 0 saturated heterocycles. The highest BCUT2D eigenvalue weighted by molar-refractivity contribution is 7.84. The second-order valence-corrected chi connectivity index (χ2v) is 5.37. The smallest absolute Gasteiger partial charge is 0.315 e. The number of nitrogens with one attached hydrogen (secondary N) is 2. The Balaban J connectivity index is 3.52. The fourth-order valence-corrected chi connectivity index (χ4v) is 2.06. The number of rotatable bonds is 8. The van der Waals surface area contributed by atoms with E-state index in [1.807, 2.05) is 0 Å². The van der Waals surface area contributed by atoms with Gasteiger partial charge in [0.15, 0.2) is 0 Å². The molecular formula is C10H20N2O4S. The Hall–Kier alpha value is -1.11. The minimum absolute atomic E-state index is 0.120. The lowest BCUT2D eigenvalue weighted by Crippen LogP contribution is -2.43. The highest BCUT2D eigenvalue weighted by Gasteiger charge is 2.07. The fourth-order valence-electron chi connectivity index (χ4n) is 1.27. The van der Waals surface area contributed by atoms with Crippen molar-refractivity contribution in [2.24, 2.45) is 0 Å². The largest absolute Gasteiger partial charge is 0.481 e. The van der Waals surface area contributed by atoms with Gasteiger partial charge in [0.25, 0.3) is 0 Å². The molecule has 0 saturated carbocycles. The molecular weight excluding hydrogens is 244 g/mol. The van der Waals surface area contributed by atoms with Crippen molar-refractivity contribution in [3.63, 3.8) is 0 Å². The third kappa shape index (κ3) is 11.2. The Morgan fingerprint density at radius 3 is 2.53 bits per heavy atom. The molecule has 0 spiro atoms. The van der Waals surface area contributed by atoms with Crippen LogP contribution < -0.4 is 10.6 Å². The van der Waals surface area contributed by atoms with Crippen molar-refractivity contribution in [3.8, 4) is 0 Å². The first-order chi connectivity index (χ1) is 7.91. The van der Waals surface area contributed by atoms with E-state index in [2.05, 4.69) is 10.6 Å². The lowest BCUT2D eigenvalue weighted by molar-refractivity contribution is -0.137. The first-order valence-corrected chi connectivity index (χ1v) is 7.20. The summed E-state index contributed by atoms with van der Waals surface area (Å²) < 4.78 is 10.9. The minimum atomic E-state index is -0.934. The zero-order chi connectivity index (χ0) is 13.3. The summed E-state index contributed by atoms with van der Waals surface area (Å²) in [4.78, 5) is 21.5. The highest BCUT2D eigenvalue weighted by atomic mass is 32.2. The average molecular weight is 264 g/mol. The monoisotopic (exact) mass is 264 g/mol. The van der Waals surface area contributed by atoms with Gasteiger partial charge in [-0.05, 0) is 19.8 Å². The molecule has 0 aliphatic heterocycles. The van der Waals surface area contributed by atoms with E-state index >= 15 is 0 Å². The number of urea groups is 1. The number of carboxylic acids is 1. The van der Waals surface area contributed by atoms with Gasteiger partial charge in [-0.2, -0.15) is 0 Å². The molecule has 0 bridgehead atoms. The minimum Gasteiger partial charge on any atom is -0.481 e. The van der Waals surface area contributed by atoms with E-state index in [1.165, 1.54) is 0 Å². The van der Waals surface area contributed by atoms with Crippen LogP contribution in [0.1, 0.15) is 26.2 Å². The van der Waals surface area contributed by atoms with E-state index in [-0.39, 0.29) is 18.5 Å². The first kappa shape index (κ1) is 15.9. The second-order valence-electron chi connectivity index (χ2n) is 3.89. The Bertz CT molecular complexity index is 283. The van der Waals surface area contributed by atoms with Gasteiger partial charge in [0.05, 0.1) is 0 Å². The van der Waals surface area contributed by atoms with Gasteiger partial charge in [0.2, 0.25) is 0 Å². The normalized spacial score (nSPS) is 13.8. The Labute approximate surface area is 104 Å². The van der Waals surface area contributed by atoms with Crippen LogP contribution in [0.3, 0.4) is 0 Å². The number of carbonyl (C=O) groups is 2. The lowest BCUT2D eigenvalue weighted by atomic mass is 10.2. The van der Waals surface area contributed by atoms with Crippen LogP contribution >= 0.6 is 0 Å². The summed E-state index contributed by atoms with van der Waals surface area (Å²) in [6, 6.07) is -0.446. The molecule has 7 heteroatoms. The van der Waals surface area contributed by atoms with Gasteiger partial charge in [0, 0.05) is 41.8 Å². The number of carboxylic acid groups (broad SMARTS) is 1. The lowest BCUT2D eigenvalue weighted by Gasteiger charge is -2.13. The van der Waals surface area contributed by atoms with Gasteiger partial charge < -0.3 is 15.7 Å². The van der Waals surface area contributed by atoms with E-state index < -0.39 is 16.8 Å². The Morgan fingerprint density at radius 2 is 2.00 bits per heavy atom. The van der Waals surface area contributed by atoms with Crippen LogP contribution in [0.4, 0.5) is 4.79 Å². The number of aliphatic carboxylic acids is 1. The van der Waals surface area contributed by atoms with Crippen molar-refractivity contribution < 1.29 is 18.9 Å².